The Kier molecular flexibility index (Phi) is 3.97. The third kappa shape index (κ3) is 3.15. The second kappa shape index (κ2) is 5.29. The maximum atomic E-state index is 9.57. The highest BCUT2D eigenvalue weighted by Gasteiger charge is 2.07. The predicted molar refractivity (Wildman–Crippen MR) is 75.0 cm³/mol. The van der Waals surface area contributed by atoms with Crippen LogP contribution in [0, 0.1) is 0 Å². The molecule has 0 saturated carbocycles. The van der Waals surface area contributed by atoms with Gasteiger partial charge in [0, 0.05) is 5.02 Å². The molecular formula is C12H7Br2ClO2. The van der Waals surface area contributed by atoms with Crippen molar-refractivity contribution in [1.82, 2.24) is 0 Å². The maximum absolute atomic E-state index is 9.57. The van der Waals surface area contributed by atoms with Crippen molar-refractivity contribution in [2.75, 3.05) is 0 Å². The first-order chi connectivity index (χ1) is 8.06. The largest absolute Gasteiger partial charge is 0.506 e. The van der Waals surface area contributed by atoms with Gasteiger partial charge in [-0.2, -0.15) is 0 Å². The normalized spacial score (nSPS) is 10.3. The highest BCUT2D eigenvalue weighted by atomic mass is 79.9. The van der Waals surface area contributed by atoms with E-state index in [0.29, 0.717) is 25.5 Å². The van der Waals surface area contributed by atoms with E-state index in [0.717, 1.165) is 0 Å². The van der Waals surface area contributed by atoms with Crippen LogP contribution in [-0.4, -0.2) is 5.11 Å². The van der Waals surface area contributed by atoms with Gasteiger partial charge in [-0.25, -0.2) is 0 Å². The van der Waals surface area contributed by atoms with E-state index in [1.165, 1.54) is 0 Å². The average molecular weight is 378 g/mol. The van der Waals surface area contributed by atoms with Crippen molar-refractivity contribution >= 4 is 43.5 Å². The molecule has 5 heteroatoms. The summed E-state index contributed by atoms with van der Waals surface area (Å²) in [6.07, 6.45) is 0. The minimum absolute atomic E-state index is 0.147. The molecule has 0 aliphatic heterocycles. The summed E-state index contributed by atoms with van der Waals surface area (Å²) >= 11 is 12.3. The van der Waals surface area contributed by atoms with E-state index in [1.54, 1.807) is 36.4 Å². The molecule has 2 nitrogen and oxygen atoms in total. The Labute approximate surface area is 120 Å². The van der Waals surface area contributed by atoms with Crippen LogP contribution in [0.5, 0.6) is 17.2 Å². The van der Waals surface area contributed by atoms with E-state index in [9.17, 15) is 5.11 Å². The van der Waals surface area contributed by atoms with E-state index in [4.69, 9.17) is 16.3 Å². The molecule has 0 amide bonds. The second-order valence-electron chi connectivity index (χ2n) is 3.29. The lowest BCUT2D eigenvalue weighted by molar-refractivity contribution is 0.458. The summed E-state index contributed by atoms with van der Waals surface area (Å²) < 4.78 is 6.75. The Hall–Kier alpha value is -0.710. The van der Waals surface area contributed by atoms with Gasteiger partial charge in [0.05, 0.1) is 8.95 Å². The molecule has 0 saturated heterocycles. The van der Waals surface area contributed by atoms with Gasteiger partial charge >= 0.3 is 0 Å². The summed E-state index contributed by atoms with van der Waals surface area (Å²) in [4.78, 5) is 0. The van der Waals surface area contributed by atoms with Crippen LogP contribution in [0.4, 0.5) is 0 Å². The van der Waals surface area contributed by atoms with Crippen molar-refractivity contribution in [3.05, 3.63) is 50.4 Å². The first kappa shape index (κ1) is 12.7. The molecule has 1 N–H and O–H groups in total. The van der Waals surface area contributed by atoms with E-state index in [-0.39, 0.29) is 5.75 Å². The number of phenols is 1. The predicted octanol–water partition coefficient (Wildman–Crippen LogP) is 5.36. The highest BCUT2D eigenvalue weighted by Crippen LogP contribution is 2.37. The second-order valence-corrected chi connectivity index (χ2v) is 5.44. The molecule has 0 atom stereocenters. The quantitative estimate of drug-likeness (QED) is 0.762. The van der Waals surface area contributed by atoms with Crippen molar-refractivity contribution in [3.63, 3.8) is 0 Å². The Bertz CT molecular complexity index is 518. The molecule has 2 rings (SSSR count). The number of hydrogen-bond acceptors (Lipinski definition) is 2. The summed E-state index contributed by atoms with van der Waals surface area (Å²) in [5.74, 6) is 1.44. The smallest absolute Gasteiger partial charge is 0.144 e. The molecule has 0 spiro atoms. The van der Waals surface area contributed by atoms with Crippen LogP contribution >= 0.6 is 43.5 Å². The van der Waals surface area contributed by atoms with Crippen molar-refractivity contribution in [2.45, 2.75) is 0 Å². The van der Waals surface area contributed by atoms with Gasteiger partial charge in [-0.1, -0.05) is 11.6 Å². The number of ether oxygens (including phenoxy) is 1. The molecule has 0 bridgehead atoms. The average Bonchev–Trinajstić information content (AvgIpc) is 2.29. The summed E-state index contributed by atoms with van der Waals surface area (Å²) in [5.41, 5.74) is 0. The van der Waals surface area contributed by atoms with E-state index < -0.39 is 0 Å². The number of rotatable bonds is 2. The van der Waals surface area contributed by atoms with Gasteiger partial charge in [0.2, 0.25) is 0 Å². The zero-order valence-corrected chi connectivity index (χ0v) is 12.4. The summed E-state index contributed by atoms with van der Waals surface area (Å²) in [6.45, 7) is 0. The molecule has 0 fully saturated rings. The van der Waals surface area contributed by atoms with Crippen molar-refractivity contribution in [1.29, 1.82) is 0 Å². The maximum Gasteiger partial charge on any atom is 0.144 e. The molecule has 88 valence electrons. The van der Waals surface area contributed by atoms with Crippen molar-refractivity contribution < 1.29 is 9.84 Å². The van der Waals surface area contributed by atoms with Crippen LogP contribution in [0.15, 0.2) is 45.3 Å². The zero-order valence-electron chi connectivity index (χ0n) is 8.45. The molecular weight excluding hydrogens is 371 g/mol. The minimum atomic E-state index is 0.147. The molecule has 2 aromatic carbocycles. The third-order valence-corrected chi connectivity index (χ3v) is 3.50. The fraction of sp³-hybridized carbons (Fsp3) is 0. The standard InChI is InChI=1S/C12H7Br2ClO2/c13-10-5-9(6-11(14)12(10)16)17-8-3-1-7(15)2-4-8/h1-6,16H. The van der Waals surface area contributed by atoms with Gasteiger partial charge in [0.15, 0.2) is 0 Å². The first-order valence-electron chi connectivity index (χ1n) is 4.67. The van der Waals surface area contributed by atoms with Crippen molar-refractivity contribution in [2.24, 2.45) is 0 Å². The monoisotopic (exact) mass is 376 g/mol. The van der Waals surface area contributed by atoms with Gasteiger partial charge < -0.3 is 9.84 Å². The van der Waals surface area contributed by atoms with E-state index in [2.05, 4.69) is 31.9 Å². The van der Waals surface area contributed by atoms with Crippen molar-refractivity contribution in [3.8, 4) is 17.2 Å². The Morgan fingerprint density at radius 3 is 2.00 bits per heavy atom. The Balaban J connectivity index is 2.27. The number of halogens is 3. The number of aromatic hydroxyl groups is 1. The van der Waals surface area contributed by atoms with E-state index in [1.807, 2.05) is 0 Å². The summed E-state index contributed by atoms with van der Waals surface area (Å²) in [6, 6.07) is 10.4. The molecule has 2 aromatic rings. The van der Waals surface area contributed by atoms with Gasteiger partial charge in [-0.3, -0.25) is 0 Å². The molecule has 0 aromatic heterocycles. The minimum Gasteiger partial charge on any atom is -0.506 e. The summed E-state index contributed by atoms with van der Waals surface area (Å²) in [5, 5.41) is 10.2. The number of benzene rings is 2. The highest BCUT2D eigenvalue weighted by molar-refractivity contribution is 9.11. The van der Waals surface area contributed by atoms with Crippen LogP contribution < -0.4 is 4.74 Å². The molecule has 0 unspecified atom stereocenters. The van der Waals surface area contributed by atoms with Crippen LogP contribution in [0.2, 0.25) is 5.02 Å². The third-order valence-electron chi connectivity index (χ3n) is 2.04. The molecule has 17 heavy (non-hydrogen) atoms. The SMILES string of the molecule is Oc1c(Br)cc(Oc2ccc(Cl)cc2)cc1Br. The Morgan fingerprint density at radius 1 is 0.941 bits per heavy atom. The molecule has 0 aliphatic rings. The zero-order chi connectivity index (χ0) is 12.4. The fourth-order valence-corrected chi connectivity index (χ4v) is 2.51. The van der Waals surface area contributed by atoms with Gasteiger partial charge in [0.25, 0.3) is 0 Å². The number of phenolic OH excluding ortho intramolecular Hbond substituents is 1. The molecule has 0 heterocycles. The van der Waals surface area contributed by atoms with Gasteiger partial charge in [-0.15, -0.1) is 0 Å². The Morgan fingerprint density at radius 2 is 1.47 bits per heavy atom. The fourth-order valence-electron chi connectivity index (χ4n) is 1.24. The summed E-state index contributed by atoms with van der Waals surface area (Å²) in [7, 11) is 0. The lowest BCUT2D eigenvalue weighted by atomic mass is 10.3. The number of hydrogen-bond donors (Lipinski definition) is 1. The van der Waals surface area contributed by atoms with Crippen LogP contribution in [0.25, 0.3) is 0 Å². The van der Waals surface area contributed by atoms with Gasteiger partial charge in [0.1, 0.15) is 17.2 Å². The lowest BCUT2D eigenvalue weighted by Gasteiger charge is -2.08. The van der Waals surface area contributed by atoms with E-state index >= 15 is 0 Å². The van der Waals surface area contributed by atoms with Crippen LogP contribution in [-0.2, 0) is 0 Å². The van der Waals surface area contributed by atoms with Crippen LogP contribution in [0.3, 0.4) is 0 Å². The van der Waals surface area contributed by atoms with Gasteiger partial charge in [-0.05, 0) is 68.3 Å². The topological polar surface area (TPSA) is 29.5 Å². The molecule has 0 radical (unpaired) electrons. The molecule has 0 aliphatic carbocycles. The van der Waals surface area contributed by atoms with Crippen LogP contribution in [0.1, 0.15) is 0 Å². The first-order valence-corrected chi connectivity index (χ1v) is 6.64. The lowest BCUT2D eigenvalue weighted by Crippen LogP contribution is -1.84.